The van der Waals surface area contributed by atoms with E-state index in [1.807, 2.05) is 48.2 Å². The summed E-state index contributed by atoms with van der Waals surface area (Å²) < 4.78 is 31.7. The molecule has 1 atom stereocenters. The smallest absolute Gasteiger partial charge is 0.475 e. The number of carbonyl (C=O) groups excluding carboxylic acids is 2. The molecule has 2 aromatic rings. The van der Waals surface area contributed by atoms with Crippen LogP contribution in [0.15, 0.2) is 48.8 Å². The average Bonchev–Trinajstić information content (AvgIpc) is 3.10. The van der Waals surface area contributed by atoms with Crippen molar-refractivity contribution in [2.75, 3.05) is 13.1 Å². The topological polar surface area (TPSA) is 99.6 Å². The van der Waals surface area contributed by atoms with Crippen LogP contribution in [0.5, 0.6) is 0 Å². The Bertz CT molecular complexity index is 1000. The fourth-order valence-corrected chi connectivity index (χ4v) is 4.09. The number of piperidine rings is 1. The van der Waals surface area contributed by atoms with Crippen molar-refractivity contribution in [2.24, 2.45) is 0 Å². The van der Waals surface area contributed by atoms with Gasteiger partial charge in [-0.3, -0.25) is 14.6 Å². The molecule has 2 N–H and O–H groups in total. The van der Waals surface area contributed by atoms with Crippen LogP contribution in [0.25, 0.3) is 0 Å². The Morgan fingerprint density at radius 3 is 2.15 bits per heavy atom. The summed E-state index contributed by atoms with van der Waals surface area (Å²) in [5, 5.41) is 10.4. The molecule has 2 aliphatic heterocycles. The van der Waals surface area contributed by atoms with Crippen molar-refractivity contribution in [3.8, 4) is 0 Å². The van der Waals surface area contributed by atoms with E-state index in [0.717, 1.165) is 36.0 Å². The number of nitrogens with one attached hydrogen (secondary N) is 1. The Labute approximate surface area is 188 Å². The van der Waals surface area contributed by atoms with Crippen LogP contribution in [0, 0.1) is 6.92 Å². The van der Waals surface area contributed by atoms with Gasteiger partial charge in [0.2, 0.25) is 5.91 Å². The number of hydrogen-bond acceptors (Lipinski definition) is 4. The number of aliphatic carboxylic acids is 1. The Morgan fingerprint density at radius 1 is 1.09 bits per heavy atom. The summed E-state index contributed by atoms with van der Waals surface area (Å²) in [4.78, 5) is 40.0. The van der Waals surface area contributed by atoms with Crippen molar-refractivity contribution in [1.29, 1.82) is 0 Å². The fourth-order valence-electron chi connectivity index (χ4n) is 4.09. The maximum absolute atomic E-state index is 12.7. The van der Waals surface area contributed by atoms with E-state index >= 15 is 0 Å². The van der Waals surface area contributed by atoms with Gasteiger partial charge in [0, 0.05) is 36.6 Å². The number of benzene rings is 1. The van der Waals surface area contributed by atoms with Gasteiger partial charge in [-0.15, -0.1) is 0 Å². The van der Waals surface area contributed by atoms with E-state index in [2.05, 4.69) is 10.3 Å². The molecule has 0 radical (unpaired) electrons. The van der Waals surface area contributed by atoms with Gasteiger partial charge in [0.15, 0.2) is 0 Å². The summed E-state index contributed by atoms with van der Waals surface area (Å²) in [7, 11) is 0. The average molecular weight is 463 g/mol. The molecule has 1 unspecified atom stereocenters. The molecule has 33 heavy (non-hydrogen) atoms. The van der Waals surface area contributed by atoms with Crippen LogP contribution in [0.2, 0.25) is 0 Å². The first-order valence-corrected chi connectivity index (χ1v) is 10.4. The zero-order valence-electron chi connectivity index (χ0n) is 17.9. The first kappa shape index (κ1) is 24.2. The van der Waals surface area contributed by atoms with Gasteiger partial charge in [-0.1, -0.05) is 17.7 Å². The van der Waals surface area contributed by atoms with Gasteiger partial charge in [0.1, 0.15) is 0 Å². The number of hydrogen-bond donors (Lipinski definition) is 2. The monoisotopic (exact) mass is 463 g/mol. The number of rotatable bonds is 2. The van der Waals surface area contributed by atoms with E-state index in [0.29, 0.717) is 13.1 Å². The minimum absolute atomic E-state index is 0.0786. The molecular weight excluding hydrogens is 439 g/mol. The predicted molar refractivity (Wildman–Crippen MR) is 112 cm³/mol. The minimum Gasteiger partial charge on any atom is -0.475 e. The molecule has 1 aromatic carbocycles. The van der Waals surface area contributed by atoms with Crippen molar-refractivity contribution >= 4 is 17.8 Å². The number of pyridine rings is 1. The second-order valence-corrected chi connectivity index (χ2v) is 8.27. The molecule has 1 spiro atoms. The van der Waals surface area contributed by atoms with Crippen LogP contribution in [0.1, 0.15) is 46.7 Å². The Morgan fingerprint density at radius 2 is 1.64 bits per heavy atom. The molecule has 2 aliphatic rings. The first-order chi connectivity index (χ1) is 15.5. The summed E-state index contributed by atoms with van der Waals surface area (Å²) in [6.45, 7) is 3.37. The lowest BCUT2D eigenvalue weighted by atomic mass is 9.82. The Hall–Kier alpha value is -3.43. The SMILES string of the molecule is Cc1ccc(C(=O)N2CCC3(CC2)CC(c2ccncc2)C(=O)N3)cc1.O=C(O)C(F)(F)F. The van der Waals surface area contributed by atoms with Gasteiger partial charge in [-0.2, -0.15) is 13.2 Å². The van der Waals surface area contributed by atoms with Crippen LogP contribution < -0.4 is 5.32 Å². The number of halogens is 3. The normalized spacial score (nSPS) is 19.5. The molecule has 176 valence electrons. The molecular formula is C23H24F3N3O4. The lowest BCUT2D eigenvalue weighted by molar-refractivity contribution is -0.192. The third-order valence-corrected chi connectivity index (χ3v) is 5.96. The van der Waals surface area contributed by atoms with E-state index in [1.165, 1.54) is 0 Å². The highest BCUT2D eigenvalue weighted by Crippen LogP contribution is 2.39. The Balaban J connectivity index is 0.000000383. The van der Waals surface area contributed by atoms with Crippen LogP contribution in [-0.4, -0.2) is 57.6 Å². The number of carboxylic acids is 1. The van der Waals surface area contributed by atoms with E-state index < -0.39 is 12.1 Å². The summed E-state index contributed by atoms with van der Waals surface area (Å²) in [5.41, 5.74) is 2.72. The summed E-state index contributed by atoms with van der Waals surface area (Å²) in [6, 6.07) is 11.5. The molecule has 10 heteroatoms. The summed E-state index contributed by atoms with van der Waals surface area (Å²) in [6.07, 6.45) is 0.783. The lowest BCUT2D eigenvalue weighted by Gasteiger charge is -2.39. The zero-order chi connectivity index (χ0) is 24.2. The second-order valence-electron chi connectivity index (χ2n) is 8.27. The highest BCUT2D eigenvalue weighted by atomic mass is 19.4. The lowest BCUT2D eigenvalue weighted by Crippen LogP contribution is -2.52. The van der Waals surface area contributed by atoms with E-state index in [-0.39, 0.29) is 23.3 Å². The molecule has 4 rings (SSSR count). The third kappa shape index (κ3) is 5.88. The standard InChI is InChI=1S/C21H23N3O2.C2HF3O2/c1-15-2-4-17(5-3-15)20(26)24-12-8-21(9-13-24)14-18(19(25)23-21)16-6-10-22-11-7-16;3-2(4,5)1(6)7/h2-7,10-11,18H,8-9,12-14H2,1H3,(H,23,25);(H,6,7). The number of nitrogens with zero attached hydrogens (tertiary/aromatic N) is 2. The number of carboxylic acid groups (broad SMARTS) is 1. The zero-order valence-corrected chi connectivity index (χ0v) is 17.9. The van der Waals surface area contributed by atoms with Crippen molar-refractivity contribution in [3.05, 3.63) is 65.5 Å². The maximum atomic E-state index is 12.7. The molecule has 7 nitrogen and oxygen atoms in total. The van der Waals surface area contributed by atoms with Gasteiger partial charge in [0.05, 0.1) is 5.92 Å². The predicted octanol–water partition coefficient (Wildman–Crippen LogP) is 3.30. The van der Waals surface area contributed by atoms with Gasteiger partial charge in [-0.25, -0.2) is 4.79 Å². The maximum Gasteiger partial charge on any atom is 0.490 e. The van der Waals surface area contributed by atoms with Crippen molar-refractivity contribution in [2.45, 2.75) is 43.8 Å². The number of aryl methyl sites for hydroxylation is 1. The molecule has 2 saturated heterocycles. The Kier molecular flexibility index (Phi) is 7.04. The quantitative estimate of drug-likeness (QED) is 0.712. The largest absolute Gasteiger partial charge is 0.490 e. The van der Waals surface area contributed by atoms with Crippen molar-refractivity contribution in [1.82, 2.24) is 15.2 Å². The second kappa shape index (κ2) is 9.60. The van der Waals surface area contributed by atoms with Crippen molar-refractivity contribution < 1.29 is 32.7 Å². The van der Waals surface area contributed by atoms with E-state index in [4.69, 9.17) is 9.90 Å². The molecule has 3 heterocycles. The number of carbonyl (C=O) groups is 3. The molecule has 1 aromatic heterocycles. The fraction of sp³-hybridized carbons (Fsp3) is 0.391. The minimum atomic E-state index is -5.08. The van der Waals surface area contributed by atoms with E-state index in [1.54, 1.807) is 12.4 Å². The van der Waals surface area contributed by atoms with Gasteiger partial charge in [-0.05, 0) is 56.0 Å². The van der Waals surface area contributed by atoms with Gasteiger partial charge < -0.3 is 15.3 Å². The number of amides is 2. The van der Waals surface area contributed by atoms with Crippen molar-refractivity contribution in [3.63, 3.8) is 0 Å². The van der Waals surface area contributed by atoms with Gasteiger partial charge in [0.25, 0.3) is 5.91 Å². The van der Waals surface area contributed by atoms with Crippen LogP contribution >= 0.6 is 0 Å². The molecule has 0 aliphatic carbocycles. The molecule has 0 saturated carbocycles. The van der Waals surface area contributed by atoms with Crippen LogP contribution in [0.3, 0.4) is 0 Å². The molecule has 2 fully saturated rings. The first-order valence-electron chi connectivity index (χ1n) is 10.4. The van der Waals surface area contributed by atoms with Crippen LogP contribution in [-0.2, 0) is 9.59 Å². The third-order valence-electron chi connectivity index (χ3n) is 5.96. The molecule has 2 amide bonds. The number of aromatic nitrogens is 1. The van der Waals surface area contributed by atoms with E-state index in [9.17, 15) is 22.8 Å². The number of likely N-dealkylation sites (tertiary alicyclic amines) is 1. The highest BCUT2D eigenvalue weighted by molar-refractivity contribution is 5.94. The summed E-state index contributed by atoms with van der Waals surface area (Å²) >= 11 is 0. The molecule has 0 bridgehead atoms. The van der Waals surface area contributed by atoms with Crippen LogP contribution in [0.4, 0.5) is 13.2 Å². The highest BCUT2D eigenvalue weighted by Gasteiger charge is 2.46. The summed E-state index contributed by atoms with van der Waals surface area (Å²) in [5.74, 6) is -2.70. The number of alkyl halides is 3. The van der Waals surface area contributed by atoms with Gasteiger partial charge >= 0.3 is 12.1 Å².